The van der Waals surface area contributed by atoms with E-state index in [2.05, 4.69) is 70.4 Å². The fourth-order valence-corrected chi connectivity index (χ4v) is 4.69. The number of nitrogens with zero attached hydrogens (tertiary/aromatic N) is 1. The molecule has 1 atom stereocenters. The number of benzene rings is 2. The van der Waals surface area contributed by atoms with Crippen LogP contribution in [0, 0.1) is 0 Å². The van der Waals surface area contributed by atoms with Crippen LogP contribution in [-0.2, 0) is 22.5 Å². The van der Waals surface area contributed by atoms with Crippen LogP contribution in [0.25, 0.3) is 0 Å². The van der Waals surface area contributed by atoms with Crippen molar-refractivity contribution in [3.05, 3.63) is 65.7 Å². The van der Waals surface area contributed by atoms with Gasteiger partial charge < -0.3 is 14.0 Å². The van der Waals surface area contributed by atoms with Crippen molar-refractivity contribution >= 4 is 5.97 Å². The molecule has 4 nitrogen and oxygen atoms in total. The van der Waals surface area contributed by atoms with Gasteiger partial charge >= 0.3 is 5.97 Å². The molecule has 0 fully saturated rings. The Balaban J connectivity index is 1.61. The van der Waals surface area contributed by atoms with Gasteiger partial charge in [0.25, 0.3) is 0 Å². The summed E-state index contributed by atoms with van der Waals surface area (Å²) in [4.78, 5) is 12.3. The standard InChI is InChI=1S/C33H52NO3/c1-5-6-7-8-9-10-11-12-16-21-31-22-17-18-23-32(31)37-29(2)25-27-36-33(35)24-26-34(3,4)28-30-19-14-13-15-20-30/h13-15,17-20,22-23,29H,5-12,16,21,24-28H2,1-4H3/q+1. The Bertz CT molecular complexity index is 865. The Hall–Kier alpha value is -2.33. The van der Waals surface area contributed by atoms with Gasteiger partial charge in [-0.25, -0.2) is 0 Å². The number of para-hydroxylation sites is 1. The third-order valence-corrected chi connectivity index (χ3v) is 7.01. The maximum atomic E-state index is 12.3. The third-order valence-electron chi connectivity index (χ3n) is 7.01. The normalized spacial score (nSPS) is 12.3. The van der Waals surface area contributed by atoms with E-state index in [1.807, 2.05) is 12.1 Å². The van der Waals surface area contributed by atoms with Crippen molar-refractivity contribution in [2.24, 2.45) is 0 Å². The van der Waals surface area contributed by atoms with Crippen molar-refractivity contribution in [3.8, 4) is 5.75 Å². The molecule has 0 aliphatic carbocycles. The van der Waals surface area contributed by atoms with Crippen molar-refractivity contribution in [3.63, 3.8) is 0 Å². The minimum absolute atomic E-state index is 0.00220. The molecule has 4 heteroatoms. The zero-order chi connectivity index (χ0) is 26.8. The summed E-state index contributed by atoms with van der Waals surface area (Å²) in [6.45, 7) is 6.38. The third kappa shape index (κ3) is 14.3. The first kappa shape index (κ1) is 30.9. The van der Waals surface area contributed by atoms with Gasteiger partial charge in [0.05, 0.1) is 39.8 Å². The predicted octanol–water partition coefficient (Wildman–Crippen LogP) is 8.13. The summed E-state index contributed by atoms with van der Waals surface area (Å²) in [5.41, 5.74) is 2.57. The van der Waals surface area contributed by atoms with Gasteiger partial charge in [-0.2, -0.15) is 0 Å². The topological polar surface area (TPSA) is 35.5 Å². The molecule has 0 N–H and O–H groups in total. The highest BCUT2D eigenvalue weighted by atomic mass is 16.5. The van der Waals surface area contributed by atoms with Crippen molar-refractivity contribution in [2.75, 3.05) is 27.2 Å². The van der Waals surface area contributed by atoms with Crippen molar-refractivity contribution in [1.82, 2.24) is 0 Å². The van der Waals surface area contributed by atoms with Crippen LogP contribution in [-0.4, -0.2) is 43.8 Å². The Morgan fingerprint density at radius 1 is 0.838 bits per heavy atom. The molecule has 0 aliphatic heterocycles. The predicted molar refractivity (Wildman–Crippen MR) is 155 cm³/mol. The lowest BCUT2D eigenvalue weighted by molar-refractivity contribution is -0.903. The Morgan fingerprint density at radius 3 is 2.16 bits per heavy atom. The first-order valence-corrected chi connectivity index (χ1v) is 14.7. The Kier molecular flexibility index (Phi) is 15.0. The monoisotopic (exact) mass is 510 g/mol. The minimum atomic E-state index is -0.128. The molecule has 0 saturated heterocycles. The summed E-state index contributed by atoms with van der Waals surface area (Å²) in [6, 6.07) is 18.8. The van der Waals surface area contributed by atoms with E-state index in [-0.39, 0.29) is 12.1 Å². The molecule has 1 unspecified atom stereocenters. The van der Waals surface area contributed by atoms with Crippen molar-refractivity contribution in [2.45, 2.75) is 104 Å². The fraction of sp³-hybridized carbons (Fsp3) is 0.606. The second kappa shape index (κ2) is 18.0. The Labute approximate surface area is 227 Å². The van der Waals surface area contributed by atoms with Crippen LogP contribution in [0.4, 0.5) is 0 Å². The molecule has 0 aromatic heterocycles. The SMILES string of the molecule is CCCCCCCCCCCc1ccccc1OC(C)CCOC(=O)CC[N+](C)(C)Cc1ccccc1. The maximum Gasteiger partial charge on any atom is 0.311 e. The van der Waals surface area contributed by atoms with Crippen LogP contribution in [0.3, 0.4) is 0 Å². The van der Waals surface area contributed by atoms with Crippen LogP contribution < -0.4 is 4.74 Å². The first-order valence-electron chi connectivity index (χ1n) is 14.7. The number of unbranched alkanes of at least 4 members (excludes halogenated alkanes) is 8. The number of hydrogen-bond donors (Lipinski definition) is 0. The number of esters is 1. The zero-order valence-corrected chi connectivity index (χ0v) is 24.1. The molecule has 2 aromatic carbocycles. The quantitative estimate of drug-likeness (QED) is 0.102. The summed E-state index contributed by atoms with van der Waals surface area (Å²) in [5, 5.41) is 0. The van der Waals surface area contributed by atoms with Crippen LogP contribution in [0.1, 0.15) is 95.6 Å². The molecule has 0 radical (unpaired) electrons. The van der Waals surface area contributed by atoms with E-state index in [1.54, 1.807) is 0 Å². The molecule has 2 rings (SSSR count). The van der Waals surface area contributed by atoms with E-state index in [1.165, 1.54) is 68.9 Å². The molecule has 0 aliphatic rings. The summed E-state index contributed by atoms with van der Waals surface area (Å²) < 4.78 is 12.5. The minimum Gasteiger partial charge on any atom is -0.490 e. The van der Waals surface area contributed by atoms with Gasteiger partial charge in [-0.05, 0) is 31.4 Å². The molecule has 0 heterocycles. The van der Waals surface area contributed by atoms with Gasteiger partial charge in [0.2, 0.25) is 0 Å². The molecule has 0 amide bonds. The first-order chi connectivity index (χ1) is 17.9. The molecule has 37 heavy (non-hydrogen) atoms. The highest BCUT2D eigenvalue weighted by Gasteiger charge is 2.18. The Morgan fingerprint density at radius 2 is 1.46 bits per heavy atom. The number of rotatable bonds is 20. The molecular weight excluding hydrogens is 458 g/mol. The average molecular weight is 511 g/mol. The maximum absolute atomic E-state index is 12.3. The molecule has 206 valence electrons. The van der Waals surface area contributed by atoms with Gasteiger partial charge in [0.1, 0.15) is 12.3 Å². The van der Waals surface area contributed by atoms with E-state index in [0.717, 1.165) is 29.7 Å². The van der Waals surface area contributed by atoms with E-state index in [9.17, 15) is 4.79 Å². The van der Waals surface area contributed by atoms with Crippen LogP contribution in [0.5, 0.6) is 5.75 Å². The van der Waals surface area contributed by atoms with Gasteiger partial charge in [0.15, 0.2) is 0 Å². The summed E-state index contributed by atoms with van der Waals surface area (Å²) in [6.07, 6.45) is 14.2. The summed E-state index contributed by atoms with van der Waals surface area (Å²) in [5.74, 6) is 0.845. The molecule has 0 spiro atoms. The van der Waals surface area contributed by atoms with Crippen LogP contribution in [0.15, 0.2) is 54.6 Å². The van der Waals surface area contributed by atoms with Gasteiger partial charge in [-0.3, -0.25) is 4.79 Å². The van der Waals surface area contributed by atoms with Crippen molar-refractivity contribution in [1.29, 1.82) is 0 Å². The highest BCUT2D eigenvalue weighted by molar-refractivity contribution is 5.69. The van der Waals surface area contributed by atoms with E-state index < -0.39 is 0 Å². The van der Waals surface area contributed by atoms with Crippen LogP contribution >= 0.6 is 0 Å². The summed E-state index contributed by atoms with van der Waals surface area (Å²) in [7, 11) is 4.31. The molecule has 0 bridgehead atoms. The lowest BCUT2D eigenvalue weighted by Gasteiger charge is -2.29. The number of quaternary nitrogens is 1. The second-order valence-corrected chi connectivity index (χ2v) is 11.2. The second-order valence-electron chi connectivity index (χ2n) is 11.2. The van der Waals surface area contributed by atoms with Gasteiger partial charge in [-0.15, -0.1) is 0 Å². The number of ether oxygens (including phenoxy) is 2. The molecule has 2 aromatic rings. The number of carbonyl (C=O) groups excluding carboxylic acids is 1. The van der Waals surface area contributed by atoms with Gasteiger partial charge in [0, 0.05) is 12.0 Å². The highest BCUT2D eigenvalue weighted by Crippen LogP contribution is 2.23. The van der Waals surface area contributed by atoms with Gasteiger partial charge in [-0.1, -0.05) is 107 Å². The van der Waals surface area contributed by atoms with E-state index in [0.29, 0.717) is 19.4 Å². The molecular formula is C33H52NO3+. The largest absolute Gasteiger partial charge is 0.490 e. The lowest BCUT2D eigenvalue weighted by atomic mass is 10.0. The van der Waals surface area contributed by atoms with E-state index >= 15 is 0 Å². The zero-order valence-electron chi connectivity index (χ0n) is 24.1. The van der Waals surface area contributed by atoms with Crippen LogP contribution in [0.2, 0.25) is 0 Å². The lowest BCUT2D eigenvalue weighted by Crippen LogP contribution is -2.40. The molecule has 0 saturated carbocycles. The number of aryl methyl sites for hydroxylation is 1. The average Bonchev–Trinajstić information content (AvgIpc) is 2.88. The fourth-order valence-electron chi connectivity index (χ4n) is 4.69. The summed E-state index contributed by atoms with van der Waals surface area (Å²) >= 11 is 0. The number of carbonyl (C=O) groups is 1. The smallest absolute Gasteiger partial charge is 0.311 e. The number of hydrogen-bond acceptors (Lipinski definition) is 3. The van der Waals surface area contributed by atoms with E-state index in [4.69, 9.17) is 9.47 Å². The van der Waals surface area contributed by atoms with Crippen molar-refractivity contribution < 1.29 is 18.8 Å².